The number of anilines is 1. The molecule has 1 fully saturated rings. The van der Waals surface area contributed by atoms with Crippen LogP contribution in [0, 0.1) is 0 Å². The molecule has 172 valence electrons. The van der Waals surface area contributed by atoms with Crippen molar-refractivity contribution in [3.63, 3.8) is 0 Å². The van der Waals surface area contributed by atoms with Gasteiger partial charge in [-0.05, 0) is 69.7 Å². The van der Waals surface area contributed by atoms with Gasteiger partial charge in [-0.3, -0.25) is 24.1 Å². The Kier molecular flexibility index (Phi) is 8.01. The lowest BCUT2D eigenvalue weighted by Crippen LogP contribution is -2.36. The Morgan fingerprint density at radius 2 is 1.97 bits per heavy atom. The average molecular weight is 555 g/mol. The molecule has 3 N–H and O–H groups in total. The van der Waals surface area contributed by atoms with E-state index in [1.54, 1.807) is 36.4 Å². The fraction of sp³-hybridized carbons (Fsp3) is 0.143. The number of ether oxygens (including phenoxy) is 2. The minimum absolute atomic E-state index is 0.143. The minimum Gasteiger partial charge on any atom is -0.493 e. The van der Waals surface area contributed by atoms with Gasteiger partial charge in [-0.25, -0.2) is 0 Å². The van der Waals surface area contributed by atoms with E-state index in [1.807, 2.05) is 0 Å². The third-order valence-corrected chi connectivity index (χ3v) is 6.37. The third-order valence-electron chi connectivity index (χ3n) is 4.24. The number of halogens is 2. The number of nitrogens with two attached hydrogens (primary N) is 1. The Morgan fingerprint density at radius 3 is 2.64 bits per heavy atom. The SMILES string of the molecule is COc1cc(/C=C2\SC(=O)N(CC(N)=O)C2=O)ccc1OCC(=O)Nc1ccc(Br)c(Cl)c1. The van der Waals surface area contributed by atoms with Crippen molar-refractivity contribution in [2.45, 2.75) is 0 Å². The smallest absolute Gasteiger partial charge is 0.294 e. The number of carbonyl (C=O) groups is 4. The Balaban J connectivity index is 1.67. The van der Waals surface area contributed by atoms with Crippen LogP contribution < -0.4 is 20.5 Å². The summed E-state index contributed by atoms with van der Waals surface area (Å²) >= 11 is 10.0. The van der Waals surface area contributed by atoms with E-state index >= 15 is 0 Å². The Hall–Kier alpha value is -3.02. The van der Waals surface area contributed by atoms with Crippen molar-refractivity contribution in [2.24, 2.45) is 5.73 Å². The molecule has 0 spiro atoms. The first-order valence-electron chi connectivity index (χ1n) is 9.27. The second-order valence-electron chi connectivity index (χ2n) is 6.61. The number of methoxy groups -OCH3 is 1. The van der Waals surface area contributed by atoms with Gasteiger partial charge in [0.1, 0.15) is 6.54 Å². The highest BCUT2D eigenvalue weighted by molar-refractivity contribution is 9.10. The lowest BCUT2D eigenvalue weighted by Gasteiger charge is -2.12. The van der Waals surface area contributed by atoms with Crippen LogP contribution in [-0.4, -0.2) is 48.1 Å². The zero-order valence-corrected chi connectivity index (χ0v) is 20.3. The summed E-state index contributed by atoms with van der Waals surface area (Å²) in [4.78, 5) is 48.5. The van der Waals surface area contributed by atoms with Gasteiger partial charge in [0, 0.05) is 10.2 Å². The van der Waals surface area contributed by atoms with Crippen LogP contribution >= 0.6 is 39.3 Å². The number of primary amides is 1. The van der Waals surface area contributed by atoms with Gasteiger partial charge in [-0.1, -0.05) is 17.7 Å². The van der Waals surface area contributed by atoms with Crippen molar-refractivity contribution in [3.05, 3.63) is 56.4 Å². The molecule has 0 radical (unpaired) electrons. The highest BCUT2D eigenvalue weighted by atomic mass is 79.9. The van der Waals surface area contributed by atoms with Crippen LogP contribution in [0.4, 0.5) is 10.5 Å². The summed E-state index contributed by atoms with van der Waals surface area (Å²) in [5.74, 6) is -1.16. The number of thioether (sulfide) groups is 1. The fourth-order valence-electron chi connectivity index (χ4n) is 2.75. The van der Waals surface area contributed by atoms with Crippen molar-refractivity contribution >= 4 is 74.0 Å². The zero-order chi connectivity index (χ0) is 24.1. The van der Waals surface area contributed by atoms with Gasteiger partial charge in [-0.2, -0.15) is 0 Å². The van der Waals surface area contributed by atoms with Gasteiger partial charge in [0.15, 0.2) is 18.1 Å². The summed E-state index contributed by atoms with van der Waals surface area (Å²) in [6.45, 7) is -0.762. The van der Waals surface area contributed by atoms with E-state index in [-0.39, 0.29) is 11.5 Å². The molecule has 0 saturated carbocycles. The number of benzene rings is 2. The van der Waals surface area contributed by atoms with Crippen LogP contribution in [0.3, 0.4) is 0 Å². The molecule has 2 aromatic rings. The van der Waals surface area contributed by atoms with Gasteiger partial charge in [0.05, 0.1) is 17.0 Å². The maximum atomic E-state index is 12.3. The molecule has 1 aliphatic rings. The lowest BCUT2D eigenvalue weighted by molar-refractivity contribution is -0.127. The molecule has 12 heteroatoms. The normalized spacial score (nSPS) is 14.5. The number of nitrogens with one attached hydrogen (secondary N) is 1. The molecule has 9 nitrogen and oxygen atoms in total. The van der Waals surface area contributed by atoms with Gasteiger partial charge in [-0.15, -0.1) is 0 Å². The molecule has 0 unspecified atom stereocenters. The molecular formula is C21H17BrClN3O6S. The number of rotatable bonds is 8. The number of nitrogens with zero attached hydrogens (tertiary/aromatic N) is 1. The van der Waals surface area contributed by atoms with Gasteiger partial charge in [0.2, 0.25) is 5.91 Å². The van der Waals surface area contributed by atoms with E-state index in [2.05, 4.69) is 21.2 Å². The van der Waals surface area contributed by atoms with Crippen LogP contribution in [0.5, 0.6) is 11.5 Å². The summed E-state index contributed by atoms with van der Waals surface area (Å²) < 4.78 is 11.6. The maximum Gasteiger partial charge on any atom is 0.294 e. The largest absolute Gasteiger partial charge is 0.493 e. The lowest BCUT2D eigenvalue weighted by atomic mass is 10.2. The van der Waals surface area contributed by atoms with Crippen LogP contribution in [0.2, 0.25) is 5.02 Å². The molecule has 0 aromatic heterocycles. The summed E-state index contributed by atoms with van der Waals surface area (Å²) in [7, 11) is 1.43. The summed E-state index contributed by atoms with van der Waals surface area (Å²) in [6, 6.07) is 9.79. The van der Waals surface area contributed by atoms with Crippen LogP contribution in [0.1, 0.15) is 5.56 Å². The number of amides is 4. The minimum atomic E-state index is -0.783. The van der Waals surface area contributed by atoms with E-state index < -0.39 is 29.5 Å². The monoisotopic (exact) mass is 553 g/mol. The zero-order valence-electron chi connectivity index (χ0n) is 17.1. The van der Waals surface area contributed by atoms with Crippen LogP contribution in [0.15, 0.2) is 45.8 Å². The predicted octanol–water partition coefficient (Wildman–Crippen LogP) is 3.65. The van der Waals surface area contributed by atoms with Gasteiger partial charge < -0.3 is 20.5 Å². The molecule has 1 saturated heterocycles. The van der Waals surface area contributed by atoms with E-state index in [4.69, 9.17) is 26.8 Å². The number of imide groups is 1. The number of hydrogen-bond acceptors (Lipinski definition) is 7. The molecule has 1 heterocycles. The Bertz CT molecular complexity index is 1170. The van der Waals surface area contributed by atoms with Crippen molar-refractivity contribution in [2.75, 3.05) is 25.6 Å². The molecule has 2 aromatic carbocycles. The van der Waals surface area contributed by atoms with E-state index in [9.17, 15) is 19.2 Å². The first kappa shape index (κ1) is 24.6. The molecular weight excluding hydrogens is 538 g/mol. The van der Waals surface area contributed by atoms with Gasteiger partial charge >= 0.3 is 0 Å². The van der Waals surface area contributed by atoms with Crippen LogP contribution in [-0.2, 0) is 14.4 Å². The molecule has 0 atom stereocenters. The molecule has 0 bridgehead atoms. The quantitative estimate of drug-likeness (QED) is 0.477. The molecule has 1 aliphatic heterocycles. The summed E-state index contributed by atoms with van der Waals surface area (Å²) in [5, 5.41) is 2.56. The number of hydrogen-bond donors (Lipinski definition) is 2. The summed E-state index contributed by atoms with van der Waals surface area (Å²) in [6.07, 6.45) is 1.49. The van der Waals surface area contributed by atoms with Gasteiger partial charge in [0.25, 0.3) is 17.1 Å². The highest BCUT2D eigenvalue weighted by Crippen LogP contribution is 2.34. The maximum absolute atomic E-state index is 12.3. The van der Waals surface area contributed by atoms with Crippen LogP contribution in [0.25, 0.3) is 6.08 Å². The fourth-order valence-corrected chi connectivity index (χ4v) is 4.02. The average Bonchev–Trinajstić information content (AvgIpc) is 3.02. The first-order chi connectivity index (χ1) is 15.7. The highest BCUT2D eigenvalue weighted by Gasteiger charge is 2.35. The second kappa shape index (κ2) is 10.7. The number of carbonyl (C=O) groups excluding carboxylic acids is 4. The first-order valence-corrected chi connectivity index (χ1v) is 11.3. The van der Waals surface area contributed by atoms with E-state index in [0.29, 0.717) is 44.0 Å². The topological polar surface area (TPSA) is 128 Å². The van der Waals surface area contributed by atoms with Crippen molar-refractivity contribution < 1.29 is 28.7 Å². The Morgan fingerprint density at radius 1 is 1.21 bits per heavy atom. The van der Waals surface area contributed by atoms with E-state index in [0.717, 1.165) is 4.90 Å². The van der Waals surface area contributed by atoms with E-state index in [1.165, 1.54) is 13.2 Å². The van der Waals surface area contributed by atoms with Crippen molar-refractivity contribution in [3.8, 4) is 11.5 Å². The molecule has 33 heavy (non-hydrogen) atoms. The Labute approximate surface area is 206 Å². The third kappa shape index (κ3) is 6.28. The summed E-state index contributed by atoms with van der Waals surface area (Å²) in [5.41, 5.74) is 6.15. The molecule has 3 rings (SSSR count). The molecule has 0 aliphatic carbocycles. The predicted molar refractivity (Wildman–Crippen MR) is 128 cm³/mol. The van der Waals surface area contributed by atoms with Crippen molar-refractivity contribution in [1.82, 2.24) is 4.90 Å². The molecule has 4 amide bonds. The standard InChI is InChI=1S/C21H17BrClN3O6S/c1-31-16-6-11(7-17-20(29)26(9-18(24)27)21(30)33-17)2-5-15(16)32-10-19(28)25-12-3-4-13(22)14(23)8-12/h2-8H,9-10H2,1H3,(H2,24,27)(H,25,28)/b17-7-. The second-order valence-corrected chi connectivity index (χ2v) is 8.86. The van der Waals surface area contributed by atoms with Crippen molar-refractivity contribution in [1.29, 1.82) is 0 Å².